The van der Waals surface area contributed by atoms with Crippen molar-refractivity contribution in [1.82, 2.24) is 15.5 Å². The van der Waals surface area contributed by atoms with Crippen molar-refractivity contribution in [3.8, 4) is 5.75 Å². The van der Waals surface area contributed by atoms with Gasteiger partial charge < -0.3 is 15.4 Å². The predicted molar refractivity (Wildman–Crippen MR) is 106 cm³/mol. The van der Waals surface area contributed by atoms with Gasteiger partial charge in [-0.15, -0.1) is 0 Å². The average molecular weight is 400 g/mol. The van der Waals surface area contributed by atoms with Gasteiger partial charge in [0.1, 0.15) is 5.75 Å². The first-order valence-electron chi connectivity index (χ1n) is 9.61. The molecule has 1 unspecified atom stereocenters. The Hall–Kier alpha value is -1.96. The number of hydrogen-bond acceptors (Lipinski definition) is 3. The average Bonchev–Trinajstić information content (AvgIpc) is 3.05. The molecule has 8 heteroatoms. The number of nitrogens with one attached hydrogen (secondary N) is 2. The smallest absolute Gasteiger partial charge is 0.401 e. The molecule has 1 fully saturated rings. The van der Waals surface area contributed by atoms with Gasteiger partial charge in [0.05, 0.1) is 20.2 Å². The zero-order valence-electron chi connectivity index (χ0n) is 17.1. The molecule has 1 aliphatic heterocycles. The second-order valence-electron chi connectivity index (χ2n) is 7.79. The highest BCUT2D eigenvalue weighted by molar-refractivity contribution is 5.80. The molecule has 1 saturated heterocycles. The van der Waals surface area contributed by atoms with Crippen LogP contribution < -0.4 is 15.4 Å². The number of alkyl halides is 3. The van der Waals surface area contributed by atoms with Gasteiger partial charge in [-0.3, -0.25) is 9.89 Å². The minimum Gasteiger partial charge on any atom is -0.497 e. The molecule has 1 aromatic rings. The lowest BCUT2D eigenvalue weighted by molar-refractivity contribution is -0.143. The first-order valence-corrected chi connectivity index (χ1v) is 9.61. The number of guanidine groups is 1. The van der Waals surface area contributed by atoms with E-state index in [9.17, 15) is 13.2 Å². The van der Waals surface area contributed by atoms with Crippen LogP contribution in [-0.2, 0) is 5.41 Å². The first-order chi connectivity index (χ1) is 13.1. The fourth-order valence-corrected chi connectivity index (χ4v) is 3.27. The number of likely N-dealkylation sites (tertiary alicyclic amines) is 1. The number of halogens is 3. The maximum absolute atomic E-state index is 12.6. The highest BCUT2D eigenvalue weighted by Gasteiger charge is 2.34. The number of rotatable bonds is 7. The van der Waals surface area contributed by atoms with E-state index < -0.39 is 12.7 Å². The van der Waals surface area contributed by atoms with Crippen molar-refractivity contribution in [3.05, 3.63) is 29.8 Å². The van der Waals surface area contributed by atoms with Crippen LogP contribution in [0.5, 0.6) is 5.75 Å². The van der Waals surface area contributed by atoms with Gasteiger partial charge in [0.2, 0.25) is 0 Å². The van der Waals surface area contributed by atoms with Gasteiger partial charge in [0.25, 0.3) is 0 Å². The highest BCUT2D eigenvalue weighted by atomic mass is 19.4. The van der Waals surface area contributed by atoms with Crippen LogP contribution in [0.2, 0.25) is 0 Å². The molecule has 1 heterocycles. The van der Waals surface area contributed by atoms with Crippen LogP contribution in [-0.4, -0.2) is 62.9 Å². The monoisotopic (exact) mass is 400 g/mol. The van der Waals surface area contributed by atoms with E-state index in [1.807, 2.05) is 31.2 Å². The van der Waals surface area contributed by atoms with Crippen molar-refractivity contribution < 1.29 is 17.9 Å². The zero-order chi connectivity index (χ0) is 20.8. The minimum atomic E-state index is -4.16. The molecule has 0 spiro atoms. The number of methoxy groups -OCH3 is 1. The Morgan fingerprint density at radius 1 is 1.32 bits per heavy atom. The molecule has 1 aliphatic rings. The van der Waals surface area contributed by atoms with Crippen LogP contribution in [0.3, 0.4) is 0 Å². The third-order valence-electron chi connectivity index (χ3n) is 4.84. The fourth-order valence-electron chi connectivity index (χ4n) is 3.27. The van der Waals surface area contributed by atoms with Crippen LogP contribution in [0, 0.1) is 0 Å². The van der Waals surface area contributed by atoms with Crippen molar-refractivity contribution in [1.29, 1.82) is 0 Å². The molecule has 2 rings (SSSR count). The van der Waals surface area contributed by atoms with Crippen molar-refractivity contribution in [3.63, 3.8) is 0 Å². The molecule has 158 valence electrons. The fraction of sp³-hybridized carbons (Fsp3) is 0.650. The first kappa shape index (κ1) is 22.3. The molecular formula is C20H31F3N4O. The molecule has 0 bridgehead atoms. The van der Waals surface area contributed by atoms with Gasteiger partial charge in [-0.05, 0) is 31.0 Å². The van der Waals surface area contributed by atoms with Crippen LogP contribution in [0.1, 0.15) is 32.8 Å². The van der Waals surface area contributed by atoms with E-state index in [1.54, 1.807) is 7.11 Å². The Bertz CT molecular complexity index is 661. The van der Waals surface area contributed by atoms with Crippen molar-refractivity contribution in [2.45, 2.75) is 44.8 Å². The second kappa shape index (κ2) is 9.49. The Morgan fingerprint density at radius 2 is 2.07 bits per heavy atom. The number of ether oxygens (including phenoxy) is 1. The maximum atomic E-state index is 12.6. The van der Waals surface area contributed by atoms with E-state index in [-0.39, 0.29) is 11.5 Å². The molecule has 0 radical (unpaired) electrons. The van der Waals surface area contributed by atoms with Gasteiger partial charge >= 0.3 is 6.18 Å². The van der Waals surface area contributed by atoms with E-state index in [0.29, 0.717) is 38.6 Å². The van der Waals surface area contributed by atoms with Crippen LogP contribution >= 0.6 is 0 Å². The van der Waals surface area contributed by atoms with Gasteiger partial charge in [0, 0.05) is 31.1 Å². The highest BCUT2D eigenvalue weighted by Crippen LogP contribution is 2.27. The number of nitrogens with zero attached hydrogens (tertiary/aromatic N) is 2. The molecule has 0 aromatic heterocycles. The van der Waals surface area contributed by atoms with E-state index in [0.717, 1.165) is 11.3 Å². The zero-order valence-corrected chi connectivity index (χ0v) is 17.1. The Kier molecular flexibility index (Phi) is 7.57. The second-order valence-corrected chi connectivity index (χ2v) is 7.79. The van der Waals surface area contributed by atoms with E-state index in [4.69, 9.17) is 9.73 Å². The minimum absolute atomic E-state index is 0.0416. The Labute approximate surface area is 165 Å². The van der Waals surface area contributed by atoms with Gasteiger partial charge in [-0.25, -0.2) is 0 Å². The summed E-state index contributed by atoms with van der Waals surface area (Å²) in [6, 6.07) is 7.87. The van der Waals surface area contributed by atoms with Gasteiger partial charge in [-0.2, -0.15) is 13.2 Å². The summed E-state index contributed by atoms with van der Waals surface area (Å²) in [5, 5.41) is 6.48. The molecule has 28 heavy (non-hydrogen) atoms. The third kappa shape index (κ3) is 6.89. The summed E-state index contributed by atoms with van der Waals surface area (Å²) in [7, 11) is 1.64. The Morgan fingerprint density at radius 3 is 2.71 bits per heavy atom. The topological polar surface area (TPSA) is 48.9 Å². The van der Waals surface area contributed by atoms with E-state index in [2.05, 4.69) is 24.5 Å². The predicted octanol–water partition coefficient (Wildman–Crippen LogP) is 3.16. The molecule has 5 nitrogen and oxygen atoms in total. The van der Waals surface area contributed by atoms with Crippen LogP contribution in [0.15, 0.2) is 29.3 Å². The normalized spacial score (nSPS) is 19.0. The van der Waals surface area contributed by atoms with E-state index in [1.165, 1.54) is 4.90 Å². The van der Waals surface area contributed by atoms with Crippen LogP contribution in [0.4, 0.5) is 13.2 Å². The maximum Gasteiger partial charge on any atom is 0.401 e. The van der Waals surface area contributed by atoms with Gasteiger partial charge in [0.15, 0.2) is 5.96 Å². The molecule has 0 amide bonds. The summed E-state index contributed by atoms with van der Waals surface area (Å²) >= 11 is 0. The summed E-state index contributed by atoms with van der Waals surface area (Å²) in [5.41, 5.74) is 0.901. The van der Waals surface area contributed by atoms with Crippen molar-refractivity contribution >= 4 is 5.96 Å². The van der Waals surface area contributed by atoms with Crippen molar-refractivity contribution in [2.24, 2.45) is 4.99 Å². The van der Waals surface area contributed by atoms with Crippen LogP contribution in [0.25, 0.3) is 0 Å². The number of aliphatic imine (C=N–C) groups is 1. The standard InChI is InChI=1S/C20H31F3N4O/c1-5-24-18(26-16-9-10-27(12-16)14-20(21,22)23)25-13-19(2,3)15-7-6-8-17(11-15)28-4/h6-8,11,16H,5,9-10,12-14H2,1-4H3,(H2,24,25,26). The summed E-state index contributed by atoms with van der Waals surface area (Å²) in [6.07, 6.45) is -3.49. The lowest BCUT2D eigenvalue weighted by Gasteiger charge is -2.25. The molecule has 1 aromatic carbocycles. The largest absolute Gasteiger partial charge is 0.497 e. The van der Waals surface area contributed by atoms with Gasteiger partial charge in [-0.1, -0.05) is 26.0 Å². The van der Waals surface area contributed by atoms with Crippen molar-refractivity contribution in [2.75, 3.05) is 39.8 Å². The molecule has 0 saturated carbocycles. The molecule has 2 N–H and O–H groups in total. The molecule has 1 atom stereocenters. The molecular weight excluding hydrogens is 369 g/mol. The lowest BCUT2D eigenvalue weighted by atomic mass is 9.84. The quantitative estimate of drug-likeness (QED) is 0.545. The lowest BCUT2D eigenvalue weighted by Crippen LogP contribution is -2.45. The van der Waals surface area contributed by atoms with E-state index >= 15 is 0 Å². The molecule has 0 aliphatic carbocycles. The number of hydrogen-bond donors (Lipinski definition) is 2. The summed E-state index contributed by atoms with van der Waals surface area (Å²) < 4.78 is 43.0. The summed E-state index contributed by atoms with van der Waals surface area (Å²) in [4.78, 5) is 6.12. The third-order valence-corrected chi connectivity index (χ3v) is 4.84. The SMILES string of the molecule is CCNC(=NCC(C)(C)c1cccc(OC)c1)NC1CCN(CC(F)(F)F)C1. The summed E-state index contributed by atoms with van der Waals surface area (Å²) in [5.74, 6) is 1.44. The Balaban J connectivity index is 1.99. The number of benzene rings is 1. The summed E-state index contributed by atoms with van der Waals surface area (Å²) in [6.45, 7) is 7.34.